The highest BCUT2D eigenvalue weighted by atomic mass is 16.3. The van der Waals surface area contributed by atoms with E-state index in [0.717, 1.165) is 17.8 Å². The highest BCUT2D eigenvalue weighted by Gasteiger charge is 2.08. The first-order valence-corrected chi connectivity index (χ1v) is 5.38. The van der Waals surface area contributed by atoms with Crippen LogP contribution >= 0.6 is 0 Å². The number of nitrogens with two attached hydrogens (primary N) is 1. The van der Waals surface area contributed by atoms with E-state index in [1.54, 1.807) is 0 Å². The van der Waals surface area contributed by atoms with Gasteiger partial charge in [-0.15, -0.1) is 0 Å². The lowest BCUT2D eigenvalue weighted by Crippen LogP contribution is -2.27. The second kappa shape index (κ2) is 5.73. The van der Waals surface area contributed by atoms with Crippen molar-refractivity contribution in [2.45, 2.75) is 20.4 Å². The molecule has 15 heavy (non-hydrogen) atoms. The van der Waals surface area contributed by atoms with E-state index in [0.29, 0.717) is 13.1 Å². The van der Waals surface area contributed by atoms with Crippen LogP contribution < -0.4 is 10.6 Å². The molecule has 0 spiro atoms. The number of benzene rings is 1. The minimum atomic E-state index is 0.172. The molecule has 3 N–H and O–H groups in total. The molecule has 0 bridgehead atoms. The second-order valence-electron chi connectivity index (χ2n) is 3.64. The molecule has 3 nitrogen and oxygen atoms in total. The number of hydrogen-bond donors (Lipinski definition) is 2. The molecule has 0 radical (unpaired) electrons. The number of hydrogen-bond acceptors (Lipinski definition) is 3. The molecule has 1 aromatic carbocycles. The summed E-state index contributed by atoms with van der Waals surface area (Å²) in [5.74, 6) is 0. The molecule has 84 valence electrons. The molecule has 0 fully saturated rings. The molecule has 0 amide bonds. The predicted molar refractivity (Wildman–Crippen MR) is 64.0 cm³/mol. The van der Waals surface area contributed by atoms with Crippen LogP contribution in [-0.2, 0) is 6.54 Å². The van der Waals surface area contributed by atoms with Crippen LogP contribution in [0.15, 0.2) is 18.2 Å². The third kappa shape index (κ3) is 2.94. The molecule has 0 aliphatic carbocycles. The first-order valence-electron chi connectivity index (χ1n) is 5.38. The summed E-state index contributed by atoms with van der Waals surface area (Å²) in [6.07, 6.45) is 0. The number of rotatable bonds is 5. The molecule has 0 aromatic heterocycles. The molecular formula is C12H20N2O. The van der Waals surface area contributed by atoms with E-state index < -0.39 is 0 Å². The molecule has 0 aliphatic rings. The van der Waals surface area contributed by atoms with Gasteiger partial charge in [-0.1, -0.05) is 12.1 Å². The van der Waals surface area contributed by atoms with Crippen LogP contribution in [-0.4, -0.2) is 24.8 Å². The third-order valence-corrected chi connectivity index (χ3v) is 2.55. The summed E-state index contributed by atoms with van der Waals surface area (Å²) in [6.45, 7) is 6.40. The zero-order chi connectivity index (χ0) is 11.3. The van der Waals surface area contributed by atoms with Crippen LogP contribution in [0.3, 0.4) is 0 Å². The van der Waals surface area contributed by atoms with Gasteiger partial charge in [0.05, 0.1) is 6.61 Å². The van der Waals surface area contributed by atoms with Gasteiger partial charge in [-0.05, 0) is 31.0 Å². The second-order valence-corrected chi connectivity index (χ2v) is 3.64. The monoisotopic (exact) mass is 208 g/mol. The number of aliphatic hydroxyl groups is 1. The fourth-order valence-corrected chi connectivity index (χ4v) is 1.71. The molecule has 0 saturated carbocycles. The number of likely N-dealkylation sites (N-methyl/N-ethyl adjacent to an activating group) is 1. The number of aliphatic hydroxyl groups excluding tert-OH is 1. The van der Waals surface area contributed by atoms with Crippen molar-refractivity contribution in [3.05, 3.63) is 29.3 Å². The summed E-state index contributed by atoms with van der Waals surface area (Å²) in [5, 5.41) is 8.99. The minimum absolute atomic E-state index is 0.172. The van der Waals surface area contributed by atoms with Crippen molar-refractivity contribution in [1.82, 2.24) is 0 Å². The summed E-state index contributed by atoms with van der Waals surface area (Å²) in [6, 6.07) is 6.25. The van der Waals surface area contributed by atoms with Gasteiger partial charge in [0, 0.05) is 25.3 Å². The molecule has 0 unspecified atom stereocenters. The van der Waals surface area contributed by atoms with Gasteiger partial charge in [0.2, 0.25) is 0 Å². The zero-order valence-corrected chi connectivity index (χ0v) is 9.53. The highest BCUT2D eigenvalue weighted by Crippen LogP contribution is 2.21. The van der Waals surface area contributed by atoms with E-state index in [1.807, 2.05) is 0 Å². The van der Waals surface area contributed by atoms with E-state index in [2.05, 4.69) is 36.9 Å². The first kappa shape index (κ1) is 12.0. The maximum atomic E-state index is 8.99. The number of nitrogens with zero attached hydrogens (tertiary/aromatic N) is 1. The minimum Gasteiger partial charge on any atom is -0.395 e. The third-order valence-electron chi connectivity index (χ3n) is 2.55. The molecule has 0 atom stereocenters. The van der Waals surface area contributed by atoms with Crippen molar-refractivity contribution in [2.24, 2.45) is 5.73 Å². The summed E-state index contributed by atoms with van der Waals surface area (Å²) >= 11 is 0. The van der Waals surface area contributed by atoms with Crippen LogP contribution in [0.5, 0.6) is 0 Å². The molecule has 0 heterocycles. The molecule has 0 aliphatic heterocycles. The van der Waals surface area contributed by atoms with Crippen molar-refractivity contribution >= 4 is 5.69 Å². The van der Waals surface area contributed by atoms with Crippen molar-refractivity contribution in [3.8, 4) is 0 Å². The maximum absolute atomic E-state index is 8.99. The van der Waals surface area contributed by atoms with Crippen molar-refractivity contribution in [2.75, 3.05) is 24.6 Å². The van der Waals surface area contributed by atoms with E-state index >= 15 is 0 Å². The Morgan fingerprint density at radius 2 is 2.13 bits per heavy atom. The van der Waals surface area contributed by atoms with E-state index in [1.165, 1.54) is 5.56 Å². The van der Waals surface area contributed by atoms with Gasteiger partial charge >= 0.3 is 0 Å². The summed E-state index contributed by atoms with van der Waals surface area (Å²) in [5.41, 5.74) is 9.20. The van der Waals surface area contributed by atoms with Crippen molar-refractivity contribution in [1.29, 1.82) is 0 Å². The Labute approximate surface area is 91.5 Å². The van der Waals surface area contributed by atoms with Gasteiger partial charge in [0.1, 0.15) is 0 Å². The highest BCUT2D eigenvalue weighted by molar-refractivity contribution is 5.55. The van der Waals surface area contributed by atoms with Crippen LogP contribution in [0.25, 0.3) is 0 Å². The van der Waals surface area contributed by atoms with Gasteiger partial charge in [0.15, 0.2) is 0 Å². The van der Waals surface area contributed by atoms with Crippen molar-refractivity contribution < 1.29 is 5.11 Å². The van der Waals surface area contributed by atoms with Crippen molar-refractivity contribution in [3.63, 3.8) is 0 Å². The Balaban J connectivity index is 3.02. The van der Waals surface area contributed by atoms with Gasteiger partial charge < -0.3 is 15.7 Å². The largest absolute Gasteiger partial charge is 0.395 e. The Hall–Kier alpha value is -1.06. The molecule has 3 heteroatoms. The van der Waals surface area contributed by atoms with E-state index in [9.17, 15) is 0 Å². The normalized spacial score (nSPS) is 10.4. The zero-order valence-electron chi connectivity index (χ0n) is 9.53. The maximum Gasteiger partial charge on any atom is 0.0606 e. The number of anilines is 1. The quantitative estimate of drug-likeness (QED) is 0.766. The first-order chi connectivity index (χ1) is 7.22. The lowest BCUT2D eigenvalue weighted by molar-refractivity contribution is 0.302. The molecular weight excluding hydrogens is 188 g/mol. The van der Waals surface area contributed by atoms with Gasteiger partial charge in [0.25, 0.3) is 0 Å². The smallest absolute Gasteiger partial charge is 0.0606 e. The van der Waals surface area contributed by atoms with Crippen LogP contribution in [0.4, 0.5) is 5.69 Å². The van der Waals surface area contributed by atoms with Gasteiger partial charge in [-0.2, -0.15) is 0 Å². The Bertz CT molecular complexity index is 312. The van der Waals surface area contributed by atoms with Crippen LogP contribution in [0.1, 0.15) is 18.1 Å². The Morgan fingerprint density at radius 3 is 2.67 bits per heavy atom. The average Bonchev–Trinajstić information content (AvgIpc) is 2.26. The lowest BCUT2D eigenvalue weighted by Gasteiger charge is -2.25. The van der Waals surface area contributed by atoms with Crippen LogP contribution in [0, 0.1) is 6.92 Å². The summed E-state index contributed by atoms with van der Waals surface area (Å²) in [4.78, 5) is 2.15. The number of aryl methyl sites for hydroxylation is 1. The summed E-state index contributed by atoms with van der Waals surface area (Å²) in [7, 11) is 0. The Morgan fingerprint density at radius 1 is 1.40 bits per heavy atom. The molecule has 1 rings (SSSR count). The average molecular weight is 208 g/mol. The topological polar surface area (TPSA) is 49.5 Å². The Kier molecular flexibility index (Phi) is 4.59. The molecule has 1 aromatic rings. The molecule has 0 saturated heterocycles. The lowest BCUT2D eigenvalue weighted by atomic mass is 10.1. The fraction of sp³-hybridized carbons (Fsp3) is 0.500. The van der Waals surface area contributed by atoms with E-state index in [4.69, 9.17) is 10.8 Å². The summed E-state index contributed by atoms with van der Waals surface area (Å²) < 4.78 is 0. The standard InChI is InChI=1S/C12H20N2O/c1-3-14(6-7-15)12-8-10(2)4-5-11(12)9-13/h4-5,8,15H,3,6-7,9,13H2,1-2H3. The predicted octanol–water partition coefficient (Wildman–Crippen LogP) is 1.27. The van der Waals surface area contributed by atoms with Crippen LogP contribution in [0.2, 0.25) is 0 Å². The SMILES string of the molecule is CCN(CCO)c1cc(C)ccc1CN. The van der Waals surface area contributed by atoms with Gasteiger partial charge in [-0.3, -0.25) is 0 Å². The fourth-order valence-electron chi connectivity index (χ4n) is 1.71. The van der Waals surface area contributed by atoms with E-state index in [-0.39, 0.29) is 6.61 Å². The van der Waals surface area contributed by atoms with Gasteiger partial charge in [-0.25, -0.2) is 0 Å².